The smallest absolute Gasteiger partial charge is 0.273 e. The minimum Gasteiger partial charge on any atom is -0.326 e. The lowest BCUT2D eigenvalue weighted by atomic mass is 10.1. The molecule has 1 heterocycles. The number of hydrogen-bond acceptors (Lipinski definition) is 5. The zero-order valence-electron chi connectivity index (χ0n) is 14.0. The molecule has 0 fully saturated rings. The largest absolute Gasteiger partial charge is 0.326 e. The van der Waals surface area contributed by atoms with Gasteiger partial charge in [0.15, 0.2) is 0 Å². The van der Waals surface area contributed by atoms with E-state index in [1.165, 1.54) is 17.4 Å². The van der Waals surface area contributed by atoms with Crippen molar-refractivity contribution in [2.24, 2.45) is 0 Å². The van der Waals surface area contributed by atoms with Crippen LogP contribution in [0.5, 0.6) is 0 Å². The minimum absolute atomic E-state index is 0.0930. The monoisotopic (exact) mass is 381 g/mol. The van der Waals surface area contributed by atoms with Crippen molar-refractivity contribution in [3.05, 3.63) is 86.6 Å². The van der Waals surface area contributed by atoms with Gasteiger partial charge in [0.05, 0.1) is 16.2 Å². The Labute approximate surface area is 158 Å². The molecular weight excluding hydrogens is 366 g/mol. The van der Waals surface area contributed by atoms with Crippen molar-refractivity contribution in [1.82, 2.24) is 0 Å². The van der Waals surface area contributed by atoms with E-state index >= 15 is 0 Å². The Kier molecular flexibility index (Phi) is 5.58. The topological polar surface area (TPSA) is 101 Å². The highest BCUT2D eigenvalue weighted by Gasteiger charge is 2.15. The van der Waals surface area contributed by atoms with Crippen LogP contribution < -0.4 is 10.6 Å². The molecule has 3 rings (SSSR count). The van der Waals surface area contributed by atoms with E-state index in [9.17, 15) is 19.7 Å². The van der Waals surface area contributed by atoms with Gasteiger partial charge < -0.3 is 10.6 Å². The summed E-state index contributed by atoms with van der Waals surface area (Å²) in [5.41, 5.74) is 1.27. The summed E-state index contributed by atoms with van der Waals surface area (Å²) in [7, 11) is 0. The first-order valence-corrected chi connectivity index (χ1v) is 8.88. The molecule has 0 spiro atoms. The highest BCUT2D eigenvalue weighted by Crippen LogP contribution is 2.20. The Hall–Kier alpha value is -3.52. The molecule has 2 aromatic carbocycles. The molecular formula is C19H15N3O4S. The fourth-order valence-corrected chi connectivity index (χ4v) is 3.11. The van der Waals surface area contributed by atoms with Gasteiger partial charge in [-0.25, -0.2) is 0 Å². The summed E-state index contributed by atoms with van der Waals surface area (Å²) in [6.07, 6.45) is -0.122. The molecule has 0 radical (unpaired) electrons. The zero-order valence-corrected chi connectivity index (χ0v) is 14.9. The third kappa shape index (κ3) is 4.77. The number of anilines is 2. The van der Waals surface area contributed by atoms with E-state index in [4.69, 9.17) is 0 Å². The summed E-state index contributed by atoms with van der Waals surface area (Å²) < 4.78 is 0. The Morgan fingerprint density at radius 2 is 1.70 bits per heavy atom. The Morgan fingerprint density at radius 3 is 2.41 bits per heavy atom. The van der Waals surface area contributed by atoms with E-state index in [0.717, 1.165) is 0 Å². The van der Waals surface area contributed by atoms with Gasteiger partial charge in [-0.05, 0) is 29.6 Å². The van der Waals surface area contributed by atoms with Crippen molar-refractivity contribution in [2.45, 2.75) is 6.42 Å². The number of nitrogens with one attached hydrogen (secondary N) is 2. The molecule has 8 heteroatoms. The molecule has 0 saturated carbocycles. The van der Waals surface area contributed by atoms with E-state index in [2.05, 4.69) is 10.6 Å². The maximum atomic E-state index is 12.3. The van der Waals surface area contributed by atoms with Gasteiger partial charge >= 0.3 is 0 Å². The van der Waals surface area contributed by atoms with Gasteiger partial charge in [0.1, 0.15) is 0 Å². The van der Waals surface area contributed by atoms with Crippen LogP contribution in [-0.2, 0) is 11.2 Å². The number of hydrogen-bond donors (Lipinski definition) is 2. The van der Waals surface area contributed by atoms with Crippen LogP contribution in [0, 0.1) is 10.1 Å². The standard InChI is InChI=1S/C19H15N3O4S/c23-18(11-13-5-1-2-8-16(13)22(25)26)20-14-6-3-7-15(12-14)21-19(24)17-9-4-10-27-17/h1-10,12H,11H2,(H,20,23)(H,21,24). The molecule has 3 aromatic rings. The van der Waals surface area contributed by atoms with E-state index in [1.807, 2.05) is 5.38 Å². The lowest BCUT2D eigenvalue weighted by molar-refractivity contribution is -0.385. The van der Waals surface area contributed by atoms with E-state index < -0.39 is 4.92 Å². The number of rotatable bonds is 6. The maximum Gasteiger partial charge on any atom is 0.273 e. The van der Waals surface area contributed by atoms with Gasteiger partial charge in [-0.2, -0.15) is 0 Å². The SMILES string of the molecule is O=C(Cc1ccccc1[N+](=O)[O-])Nc1cccc(NC(=O)c2cccs2)c1. The summed E-state index contributed by atoms with van der Waals surface area (Å²) in [4.78, 5) is 35.5. The number of nitro groups is 1. The molecule has 0 unspecified atom stereocenters. The first-order valence-electron chi connectivity index (χ1n) is 8.00. The Balaban J connectivity index is 1.67. The molecule has 0 aliphatic carbocycles. The predicted molar refractivity (Wildman–Crippen MR) is 104 cm³/mol. The van der Waals surface area contributed by atoms with Crippen molar-refractivity contribution in [1.29, 1.82) is 0 Å². The van der Waals surface area contributed by atoms with Gasteiger partial charge in [-0.3, -0.25) is 19.7 Å². The number of carbonyl (C=O) groups excluding carboxylic acids is 2. The minimum atomic E-state index is -0.511. The van der Waals surface area contributed by atoms with Crippen molar-refractivity contribution in [2.75, 3.05) is 10.6 Å². The molecule has 2 N–H and O–H groups in total. The number of thiophene rings is 1. The van der Waals surface area contributed by atoms with Crippen molar-refractivity contribution in [3.63, 3.8) is 0 Å². The lowest BCUT2D eigenvalue weighted by Crippen LogP contribution is -2.16. The van der Waals surface area contributed by atoms with E-state index in [0.29, 0.717) is 21.8 Å². The molecule has 1 aromatic heterocycles. The van der Waals surface area contributed by atoms with Crippen LogP contribution in [0.15, 0.2) is 66.0 Å². The van der Waals surface area contributed by atoms with Crippen LogP contribution in [0.3, 0.4) is 0 Å². The second-order valence-corrected chi connectivity index (χ2v) is 6.57. The van der Waals surface area contributed by atoms with Gasteiger partial charge in [-0.1, -0.05) is 30.3 Å². The van der Waals surface area contributed by atoms with Gasteiger partial charge in [0.25, 0.3) is 11.6 Å². The van der Waals surface area contributed by atoms with Crippen molar-refractivity contribution < 1.29 is 14.5 Å². The van der Waals surface area contributed by atoms with Gasteiger partial charge in [0.2, 0.25) is 5.91 Å². The van der Waals surface area contributed by atoms with Crippen LogP contribution >= 0.6 is 11.3 Å². The average molecular weight is 381 g/mol. The first kappa shape index (κ1) is 18.3. The van der Waals surface area contributed by atoms with Gasteiger partial charge in [-0.15, -0.1) is 11.3 Å². The Bertz CT molecular complexity index is 986. The fourth-order valence-electron chi connectivity index (χ4n) is 2.49. The summed E-state index contributed by atoms with van der Waals surface area (Å²) in [6.45, 7) is 0. The highest BCUT2D eigenvalue weighted by atomic mass is 32.1. The molecule has 0 aliphatic rings. The third-order valence-corrected chi connectivity index (χ3v) is 4.56. The number of para-hydroxylation sites is 1. The average Bonchev–Trinajstić information content (AvgIpc) is 3.17. The van der Waals surface area contributed by atoms with Crippen molar-refractivity contribution >= 4 is 40.2 Å². The number of nitrogens with zero attached hydrogens (tertiary/aromatic N) is 1. The number of benzene rings is 2. The van der Waals surface area contributed by atoms with Gasteiger partial charge in [0, 0.05) is 23.0 Å². The molecule has 0 aliphatic heterocycles. The van der Waals surface area contributed by atoms with Crippen LogP contribution in [0.4, 0.5) is 17.1 Å². The second-order valence-electron chi connectivity index (χ2n) is 5.62. The number of nitro benzene ring substituents is 1. The quantitative estimate of drug-likeness (QED) is 0.496. The number of amides is 2. The van der Waals surface area contributed by atoms with E-state index in [-0.39, 0.29) is 23.9 Å². The lowest BCUT2D eigenvalue weighted by Gasteiger charge is -2.09. The Morgan fingerprint density at radius 1 is 0.963 bits per heavy atom. The maximum absolute atomic E-state index is 12.3. The van der Waals surface area contributed by atoms with Crippen LogP contribution in [-0.4, -0.2) is 16.7 Å². The zero-order chi connectivity index (χ0) is 19.2. The first-order chi connectivity index (χ1) is 13.0. The van der Waals surface area contributed by atoms with Crippen LogP contribution in [0.2, 0.25) is 0 Å². The molecule has 7 nitrogen and oxygen atoms in total. The van der Waals surface area contributed by atoms with Crippen LogP contribution in [0.25, 0.3) is 0 Å². The molecule has 136 valence electrons. The van der Waals surface area contributed by atoms with Crippen molar-refractivity contribution in [3.8, 4) is 0 Å². The molecule has 0 saturated heterocycles. The number of carbonyl (C=O) groups is 2. The summed E-state index contributed by atoms with van der Waals surface area (Å²) >= 11 is 1.33. The highest BCUT2D eigenvalue weighted by molar-refractivity contribution is 7.12. The molecule has 0 bridgehead atoms. The summed E-state index contributed by atoms with van der Waals surface area (Å²) in [6, 6.07) is 16.3. The summed E-state index contributed by atoms with van der Waals surface area (Å²) in [5.74, 6) is -0.612. The summed E-state index contributed by atoms with van der Waals surface area (Å²) in [5, 5.41) is 18.3. The predicted octanol–water partition coefficient (Wildman–Crippen LogP) is 4.09. The van der Waals surface area contributed by atoms with Crippen LogP contribution in [0.1, 0.15) is 15.2 Å². The molecule has 2 amide bonds. The normalized spacial score (nSPS) is 10.2. The third-order valence-electron chi connectivity index (χ3n) is 3.69. The molecule has 0 atom stereocenters. The van der Waals surface area contributed by atoms with E-state index in [1.54, 1.807) is 54.6 Å². The molecule has 27 heavy (non-hydrogen) atoms. The second kappa shape index (κ2) is 8.24. The fraction of sp³-hybridized carbons (Fsp3) is 0.0526.